The smallest absolute Gasteiger partial charge is 0.283 e. The van der Waals surface area contributed by atoms with Gasteiger partial charge in [-0.05, 0) is 48.0 Å². The maximum atomic E-state index is 12.9. The Morgan fingerprint density at radius 1 is 0.655 bits per heavy atom. The molecular formula is C19H12Cl4O5S. The largest absolute Gasteiger partial charge is 0.508 e. The van der Waals surface area contributed by atoms with E-state index >= 15 is 0 Å². The molecule has 0 aromatic heterocycles. The van der Waals surface area contributed by atoms with Crippen LogP contribution in [0.2, 0.25) is 20.1 Å². The van der Waals surface area contributed by atoms with Gasteiger partial charge in [-0.15, -0.1) is 0 Å². The van der Waals surface area contributed by atoms with Gasteiger partial charge in [0, 0.05) is 31.2 Å². The summed E-state index contributed by atoms with van der Waals surface area (Å²) < 4.78 is 33.8. The van der Waals surface area contributed by atoms with Crippen LogP contribution in [-0.2, 0) is 14.9 Å². The van der Waals surface area contributed by atoms with Gasteiger partial charge in [0.2, 0.25) is 0 Å². The summed E-state index contributed by atoms with van der Waals surface area (Å²) >= 11 is 24.0. The van der Waals surface area contributed by atoms with Crippen LogP contribution in [0.4, 0.5) is 0 Å². The number of halogens is 4. The lowest BCUT2D eigenvalue weighted by Gasteiger charge is -2.33. The highest BCUT2D eigenvalue weighted by Crippen LogP contribution is 2.51. The fraction of sp³-hybridized carbons (Fsp3) is 0.0526. The molecule has 0 spiro atoms. The summed E-state index contributed by atoms with van der Waals surface area (Å²) in [5, 5.41) is 21.5. The molecule has 3 aromatic rings. The predicted molar refractivity (Wildman–Crippen MR) is 114 cm³/mol. The molecule has 29 heavy (non-hydrogen) atoms. The van der Waals surface area contributed by atoms with Crippen molar-refractivity contribution < 1.29 is 23.2 Å². The van der Waals surface area contributed by atoms with Gasteiger partial charge in [0.1, 0.15) is 11.5 Å². The van der Waals surface area contributed by atoms with Gasteiger partial charge >= 0.3 is 0 Å². The fourth-order valence-electron chi connectivity index (χ4n) is 3.25. The lowest BCUT2D eigenvalue weighted by Crippen LogP contribution is -2.38. The van der Waals surface area contributed by atoms with Crippen molar-refractivity contribution in [1.82, 2.24) is 0 Å². The number of benzene rings is 3. The second-order valence-electron chi connectivity index (χ2n) is 6.14. The van der Waals surface area contributed by atoms with Crippen molar-refractivity contribution in [2.75, 3.05) is 0 Å². The van der Waals surface area contributed by atoms with Gasteiger partial charge in [0.25, 0.3) is 10.1 Å². The van der Waals surface area contributed by atoms with E-state index in [2.05, 4.69) is 0 Å². The van der Waals surface area contributed by atoms with Crippen LogP contribution in [0.1, 0.15) is 16.7 Å². The predicted octanol–water partition coefficient (Wildman–Crippen LogP) is 5.89. The average molecular weight is 494 g/mol. The summed E-state index contributed by atoms with van der Waals surface area (Å²) in [6, 6.07) is 11.2. The van der Waals surface area contributed by atoms with E-state index in [9.17, 15) is 23.2 Å². The van der Waals surface area contributed by atoms with Crippen molar-refractivity contribution in [3.05, 3.63) is 91.4 Å². The monoisotopic (exact) mass is 492 g/mol. The van der Waals surface area contributed by atoms with E-state index in [1.54, 1.807) is 0 Å². The molecule has 152 valence electrons. The normalized spacial score (nSPS) is 12.2. The lowest BCUT2D eigenvalue weighted by molar-refractivity contribution is 0.428. The molecule has 10 heteroatoms. The Morgan fingerprint density at radius 3 is 1.41 bits per heavy atom. The van der Waals surface area contributed by atoms with Crippen molar-refractivity contribution in [2.24, 2.45) is 0 Å². The van der Waals surface area contributed by atoms with E-state index in [0.717, 1.165) is 12.1 Å². The number of phenolic OH excluding ortho intramolecular Hbond substituents is 2. The van der Waals surface area contributed by atoms with Gasteiger partial charge < -0.3 is 10.2 Å². The van der Waals surface area contributed by atoms with E-state index in [1.807, 2.05) is 0 Å². The molecule has 0 atom stereocenters. The van der Waals surface area contributed by atoms with Crippen LogP contribution in [0.25, 0.3) is 0 Å². The molecule has 0 bridgehead atoms. The maximum Gasteiger partial charge on any atom is 0.283 e. The van der Waals surface area contributed by atoms with E-state index in [0.29, 0.717) is 0 Å². The molecule has 0 saturated heterocycles. The summed E-state index contributed by atoms with van der Waals surface area (Å²) in [6.45, 7) is 0. The number of phenols is 2. The highest BCUT2D eigenvalue weighted by atomic mass is 35.5. The average Bonchev–Trinajstić information content (AvgIpc) is 2.56. The quantitative estimate of drug-likeness (QED) is 0.311. The zero-order valence-corrected chi connectivity index (χ0v) is 18.1. The Balaban J connectivity index is 2.60. The van der Waals surface area contributed by atoms with Crippen LogP contribution in [0.3, 0.4) is 0 Å². The number of hydrogen-bond donors (Lipinski definition) is 3. The van der Waals surface area contributed by atoms with Crippen molar-refractivity contribution >= 4 is 56.5 Å². The Bertz CT molecular complexity index is 1140. The van der Waals surface area contributed by atoms with Crippen LogP contribution >= 0.6 is 46.4 Å². The summed E-state index contributed by atoms with van der Waals surface area (Å²) in [6.07, 6.45) is 0. The van der Waals surface area contributed by atoms with Gasteiger partial charge in [-0.3, -0.25) is 4.55 Å². The SMILES string of the molecule is O=S(=O)(O)C(c1cc(Cl)cc(Cl)c1)(c1ccc(Cl)cc1O)c1ccc(Cl)cc1O. The molecule has 0 heterocycles. The second-order valence-corrected chi connectivity index (χ2v) is 9.45. The molecule has 3 N–H and O–H groups in total. The molecule has 3 rings (SSSR count). The molecule has 5 nitrogen and oxygen atoms in total. The highest BCUT2D eigenvalue weighted by Gasteiger charge is 2.51. The van der Waals surface area contributed by atoms with Crippen molar-refractivity contribution in [3.8, 4) is 11.5 Å². The topological polar surface area (TPSA) is 94.8 Å². The third-order valence-corrected chi connectivity index (χ3v) is 6.69. The number of rotatable bonds is 4. The zero-order valence-electron chi connectivity index (χ0n) is 14.3. The number of aromatic hydroxyl groups is 2. The van der Waals surface area contributed by atoms with E-state index in [1.165, 1.54) is 42.5 Å². The summed E-state index contributed by atoms with van der Waals surface area (Å²) in [7, 11) is -5.11. The van der Waals surface area contributed by atoms with E-state index in [-0.39, 0.29) is 36.8 Å². The molecular weight excluding hydrogens is 482 g/mol. The second kappa shape index (κ2) is 7.87. The molecule has 0 aliphatic heterocycles. The van der Waals surface area contributed by atoms with Gasteiger partial charge in [-0.25, -0.2) is 0 Å². The molecule has 0 aliphatic rings. The Hall–Kier alpha value is -1.67. The highest BCUT2D eigenvalue weighted by molar-refractivity contribution is 7.87. The first-order valence-corrected chi connectivity index (χ1v) is 10.8. The standard InChI is InChI=1S/C19H12Cl4O5S/c20-11-1-3-15(17(24)8-11)19(29(26,27)28,10-5-13(22)7-14(23)6-10)16-4-2-12(21)9-18(16)25/h1-9,24-25H,(H,26,27,28). The van der Waals surface area contributed by atoms with Crippen LogP contribution in [0.15, 0.2) is 54.6 Å². The Labute approximate surface area is 186 Å². The van der Waals surface area contributed by atoms with Crippen LogP contribution in [0, 0.1) is 0 Å². The van der Waals surface area contributed by atoms with Gasteiger partial charge in [0.05, 0.1) is 0 Å². The Morgan fingerprint density at radius 2 is 1.07 bits per heavy atom. The minimum absolute atomic E-state index is 0.0717. The van der Waals surface area contributed by atoms with Crippen LogP contribution in [-0.4, -0.2) is 23.2 Å². The minimum atomic E-state index is -5.11. The molecule has 3 aromatic carbocycles. The molecule has 0 radical (unpaired) electrons. The number of hydrogen-bond acceptors (Lipinski definition) is 4. The maximum absolute atomic E-state index is 12.9. The first-order chi connectivity index (χ1) is 13.5. The molecule has 0 aliphatic carbocycles. The van der Waals surface area contributed by atoms with E-state index < -0.39 is 26.4 Å². The lowest BCUT2D eigenvalue weighted by atomic mass is 9.83. The van der Waals surface area contributed by atoms with Crippen molar-refractivity contribution in [2.45, 2.75) is 4.75 Å². The summed E-state index contributed by atoms with van der Waals surface area (Å²) in [4.78, 5) is 0. The van der Waals surface area contributed by atoms with Gasteiger partial charge in [-0.2, -0.15) is 8.42 Å². The fourth-order valence-corrected chi connectivity index (χ4v) is 5.42. The van der Waals surface area contributed by atoms with Crippen LogP contribution in [0.5, 0.6) is 11.5 Å². The first kappa shape index (κ1) is 22.0. The van der Waals surface area contributed by atoms with E-state index in [4.69, 9.17) is 46.4 Å². The molecule has 0 unspecified atom stereocenters. The summed E-state index contributed by atoms with van der Waals surface area (Å²) in [5.41, 5.74) is -0.673. The minimum Gasteiger partial charge on any atom is -0.508 e. The van der Waals surface area contributed by atoms with Crippen molar-refractivity contribution in [3.63, 3.8) is 0 Å². The van der Waals surface area contributed by atoms with Gasteiger partial charge in [-0.1, -0.05) is 58.5 Å². The van der Waals surface area contributed by atoms with Crippen LogP contribution < -0.4 is 0 Å². The van der Waals surface area contributed by atoms with Gasteiger partial charge in [0.15, 0.2) is 4.75 Å². The first-order valence-electron chi connectivity index (χ1n) is 7.88. The zero-order chi connectivity index (χ0) is 21.6. The third kappa shape index (κ3) is 3.89. The molecule has 0 fully saturated rings. The third-order valence-electron chi connectivity index (χ3n) is 4.33. The molecule has 0 saturated carbocycles. The van der Waals surface area contributed by atoms with Crippen molar-refractivity contribution in [1.29, 1.82) is 0 Å². The summed E-state index contributed by atoms with van der Waals surface area (Å²) in [5.74, 6) is -1.08. The Kier molecular flexibility index (Phi) is 5.98. The molecule has 0 amide bonds.